The lowest BCUT2D eigenvalue weighted by atomic mass is 9.97. The van der Waals surface area contributed by atoms with Gasteiger partial charge in [0.15, 0.2) is 23.1 Å². The van der Waals surface area contributed by atoms with E-state index in [2.05, 4.69) is 6.92 Å². The molecule has 6 heteroatoms. The first kappa shape index (κ1) is 21.5. The smallest absolute Gasteiger partial charge is 0.201 e. The standard InChI is InChI=1S/C23H27F3O3/c1-3-5-17-8-6-15(13-28-17)14-29-20-10-7-16(12-19(20)24)18-9-11-21(27-4-2)23(26)22(18)25/h7,9-12,15,17H,3-6,8,13-14H2,1-2H3/t15-,17-/m0/s1. The molecule has 29 heavy (non-hydrogen) atoms. The maximum atomic E-state index is 14.5. The fourth-order valence-corrected chi connectivity index (χ4v) is 3.56. The first-order valence-electron chi connectivity index (χ1n) is 10.2. The summed E-state index contributed by atoms with van der Waals surface area (Å²) < 4.78 is 59.4. The Bertz CT molecular complexity index is 817. The van der Waals surface area contributed by atoms with Gasteiger partial charge >= 0.3 is 0 Å². The molecule has 0 unspecified atom stereocenters. The Morgan fingerprint density at radius 3 is 2.41 bits per heavy atom. The normalized spacial score (nSPS) is 19.2. The zero-order valence-corrected chi connectivity index (χ0v) is 16.8. The van der Waals surface area contributed by atoms with E-state index >= 15 is 0 Å². The van der Waals surface area contributed by atoms with Gasteiger partial charge in [0.2, 0.25) is 5.82 Å². The molecule has 1 fully saturated rings. The summed E-state index contributed by atoms with van der Waals surface area (Å²) in [4.78, 5) is 0. The number of hydrogen-bond donors (Lipinski definition) is 0. The van der Waals surface area contributed by atoms with E-state index in [1.165, 1.54) is 24.3 Å². The van der Waals surface area contributed by atoms with E-state index in [9.17, 15) is 13.2 Å². The van der Waals surface area contributed by atoms with Crippen molar-refractivity contribution in [1.82, 2.24) is 0 Å². The fraction of sp³-hybridized carbons (Fsp3) is 0.478. The van der Waals surface area contributed by atoms with Crippen LogP contribution in [0.5, 0.6) is 11.5 Å². The Morgan fingerprint density at radius 2 is 1.76 bits per heavy atom. The third-order valence-corrected chi connectivity index (χ3v) is 5.14. The summed E-state index contributed by atoms with van der Waals surface area (Å²) >= 11 is 0. The van der Waals surface area contributed by atoms with Crippen LogP contribution < -0.4 is 9.47 Å². The number of hydrogen-bond acceptors (Lipinski definition) is 3. The van der Waals surface area contributed by atoms with Crippen molar-refractivity contribution in [2.75, 3.05) is 19.8 Å². The van der Waals surface area contributed by atoms with Crippen molar-refractivity contribution in [1.29, 1.82) is 0 Å². The van der Waals surface area contributed by atoms with Gasteiger partial charge in [0.05, 0.1) is 25.9 Å². The van der Waals surface area contributed by atoms with E-state index in [0.29, 0.717) is 19.3 Å². The largest absolute Gasteiger partial charge is 0.491 e. The van der Waals surface area contributed by atoms with Gasteiger partial charge < -0.3 is 14.2 Å². The molecule has 0 N–H and O–H groups in total. The molecule has 158 valence electrons. The topological polar surface area (TPSA) is 27.7 Å². The lowest BCUT2D eigenvalue weighted by Gasteiger charge is -2.28. The molecule has 0 bridgehead atoms. The number of ether oxygens (including phenoxy) is 3. The Balaban J connectivity index is 1.64. The average Bonchev–Trinajstić information content (AvgIpc) is 2.72. The molecule has 0 aliphatic carbocycles. The van der Waals surface area contributed by atoms with Crippen molar-refractivity contribution in [2.24, 2.45) is 5.92 Å². The van der Waals surface area contributed by atoms with Gasteiger partial charge in [0.25, 0.3) is 0 Å². The minimum absolute atomic E-state index is 0.0287. The second-order valence-corrected chi connectivity index (χ2v) is 7.32. The van der Waals surface area contributed by atoms with Crippen molar-refractivity contribution < 1.29 is 27.4 Å². The van der Waals surface area contributed by atoms with Gasteiger partial charge in [-0.2, -0.15) is 4.39 Å². The summed E-state index contributed by atoms with van der Waals surface area (Å²) in [6, 6.07) is 6.84. The van der Waals surface area contributed by atoms with Crippen molar-refractivity contribution in [3.63, 3.8) is 0 Å². The molecule has 0 aromatic heterocycles. The molecular formula is C23H27F3O3. The van der Waals surface area contributed by atoms with Gasteiger partial charge in [0, 0.05) is 11.5 Å². The highest BCUT2D eigenvalue weighted by Crippen LogP contribution is 2.32. The predicted octanol–water partition coefficient (Wildman–Crippen LogP) is 6.14. The maximum absolute atomic E-state index is 14.5. The van der Waals surface area contributed by atoms with E-state index in [1.807, 2.05) is 0 Å². The molecule has 3 nitrogen and oxygen atoms in total. The van der Waals surface area contributed by atoms with Crippen LogP contribution in [0.15, 0.2) is 30.3 Å². The zero-order valence-electron chi connectivity index (χ0n) is 16.8. The summed E-state index contributed by atoms with van der Waals surface area (Å²) in [5.74, 6) is -2.60. The maximum Gasteiger partial charge on any atom is 0.201 e. The molecule has 0 saturated carbocycles. The lowest BCUT2D eigenvalue weighted by Crippen LogP contribution is -2.29. The number of rotatable bonds is 8. The molecule has 1 aliphatic rings. The van der Waals surface area contributed by atoms with Crippen LogP contribution in [0.4, 0.5) is 13.2 Å². The van der Waals surface area contributed by atoms with Gasteiger partial charge in [-0.3, -0.25) is 0 Å². The van der Waals surface area contributed by atoms with Crippen molar-refractivity contribution in [3.8, 4) is 22.6 Å². The molecule has 0 radical (unpaired) electrons. The van der Waals surface area contributed by atoms with Crippen LogP contribution >= 0.6 is 0 Å². The van der Waals surface area contributed by atoms with Crippen molar-refractivity contribution >= 4 is 0 Å². The third kappa shape index (κ3) is 5.24. The summed E-state index contributed by atoms with van der Waals surface area (Å²) in [7, 11) is 0. The first-order chi connectivity index (χ1) is 14.0. The average molecular weight is 408 g/mol. The first-order valence-corrected chi connectivity index (χ1v) is 10.2. The molecular weight excluding hydrogens is 381 g/mol. The molecule has 1 saturated heterocycles. The molecule has 0 amide bonds. The third-order valence-electron chi connectivity index (χ3n) is 5.14. The van der Waals surface area contributed by atoms with Gasteiger partial charge in [-0.15, -0.1) is 0 Å². The van der Waals surface area contributed by atoms with E-state index in [-0.39, 0.29) is 35.2 Å². The van der Waals surface area contributed by atoms with Gasteiger partial charge in [-0.1, -0.05) is 19.4 Å². The summed E-state index contributed by atoms with van der Waals surface area (Å²) in [6.45, 7) is 5.02. The fourth-order valence-electron chi connectivity index (χ4n) is 3.56. The molecule has 3 rings (SSSR count). The van der Waals surface area contributed by atoms with Crippen LogP contribution in [-0.2, 0) is 4.74 Å². The number of halogens is 3. The minimum Gasteiger partial charge on any atom is -0.491 e. The predicted molar refractivity (Wildman–Crippen MR) is 106 cm³/mol. The number of benzene rings is 2. The summed E-state index contributed by atoms with van der Waals surface area (Å²) in [6.07, 6.45) is 4.46. The molecule has 2 atom stereocenters. The van der Waals surface area contributed by atoms with E-state index < -0.39 is 17.5 Å². The molecule has 2 aromatic rings. The van der Waals surface area contributed by atoms with Gasteiger partial charge in [-0.25, -0.2) is 8.78 Å². The SMILES string of the molecule is CCC[C@H]1CC[C@H](COc2ccc(-c3ccc(OCC)c(F)c3F)cc2F)CO1. The van der Waals surface area contributed by atoms with E-state index in [4.69, 9.17) is 14.2 Å². The molecule has 0 spiro atoms. The highest BCUT2D eigenvalue weighted by Gasteiger charge is 2.22. The van der Waals surface area contributed by atoms with Crippen LogP contribution in [0.25, 0.3) is 11.1 Å². The molecule has 1 heterocycles. The van der Waals surface area contributed by atoms with E-state index in [0.717, 1.165) is 31.7 Å². The minimum atomic E-state index is -1.08. The Hall–Kier alpha value is -2.21. The van der Waals surface area contributed by atoms with E-state index in [1.54, 1.807) is 6.92 Å². The molecule has 1 aliphatic heterocycles. The Morgan fingerprint density at radius 1 is 0.966 bits per heavy atom. The highest BCUT2D eigenvalue weighted by molar-refractivity contribution is 5.66. The van der Waals surface area contributed by atoms with Crippen LogP contribution in [-0.4, -0.2) is 25.9 Å². The second-order valence-electron chi connectivity index (χ2n) is 7.32. The zero-order chi connectivity index (χ0) is 20.8. The molecule has 2 aromatic carbocycles. The summed E-state index contributed by atoms with van der Waals surface area (Å²) in [5.41, 5.74) is 0.205. The van der Waals surface area contributed by atoms with Crippen LogP contribution in [0.3, 0.4) is 0 Å². The van der Waals surface area contributed by atoms with Crippen LogP contribution in [0, 0.1) is 23.4 Å². The quantitative estimate of drug-likeness (QED) is 0.525. The van der Waals surface area contributed by atoms with Crippen LogP contribution in [0.2, 0.25) is 0 Å². The van der Waals surface area contributed by atoms with Crippen molar-refractivity contribution in [2.45, 2.75) is 45.6 Å². The van der Waals surface area contributed by atoms with Crippen molar-refractivity contribution in [3.05, 3.63) is 47.8 Å². The van der Waals surface area contributed by atoms with Gasteiger partial charge in [-0.05, 0) is 56.0 Å². The monoisotopic (exact) mass is 408 g/mol. The van der Waals surface area contributed by atoms with Crippen LogP contribution in [0.1, 0.15) is 39.5 Å². The summed E-state index contributed by atoms with van der Waals surface area (Å²) in [5, 5.41) is 0. The van der Waals surface area contributed by atoms with Gasteiger partial charge in [0.1, 0.15) is 0 Å². The Kier molecular flexibility index (Phi) is 7.42. The lowest BCUT2D eigenvalue weighted by molar-refractivity contribution is -0.0309. The Labute approximate surface area is 169 Å². The highest BCUT2D eigenvalue weighted by atomic mass is 19.2. The second kappa shape index (κ2) is 10.0.